The average molecular weight is 217 g/mol. The molecule has 2 rings (SSSR count). The summed E-state index contributed by atoms with van der Waals surface area (Å²) in [7, 11) is 0. The zero-order valence-corrected chi connectivity index (χ0v) is 8.47. The summed E-state index contributed by atoms with van der Waals surface area (Å²) in [6.07, 6.45) is 0.452. The highest BCUT2D eigenvalue weighted by Gasteiger charge is 2.04. The predicted molar refractivity (Wildman–Crippen MR) is 59.7 cm³/mol. The summed E-state index contributed by atoms with van der Waals surface area (Å²) in [5.41, 5.74) is 3.32. The van der Waals surface area contributed by atoms with Crippen LogP contribution in [0, 0.1) is 0 Å². The number of hydrogen-bond acceptors (Lipinski definition) is 5. The Labute approximate surface area is 91.5 Å². The molecule has 1 heterocycles. The number of hydrazine groups is 1. The van der Waals surface area contributed by atoms with Crippen LogP contribution in [0.4, 0.5) is 5.95 Å². The van der Waals surface area contributed by atoms with Gasteiger partial charge in [-0.1, -0.05) is 30.3 Å². The van der Waals surface area contributed by atoms with Crippen molar-refractivity contribution in [3.63, 3.8) is 0 Å². The van der Waals surface area contributed by atoms with Gasteiger partial charge in [-0.3, -0.25) is 15.2 Å². The number of nitrogens with two attached hydrogens (primary N) is 1. The summed E-state index contributed by atoms with van der Waals surface area (Å²) in [6, 6.07) is 9.59. The monoisotopic (exact) mass is 217 g/mol. The molecule has 0 unspecified atom stereocenters. The Morgan fingerprint density at radius 3 is 2.62 bits per heavy atom. The number of anilines is 1. The molecule has 0 aliphatic heterocycles. The summed E-state index contributed by atoms with van der Waals surface area (Å²) in [6.45, 7) is 0. The van der Waals surface area contributed by atoms with Crippen molar-refractivity contribution in [2.24, 2.45) is 5.84 Å². The van der Waals surface area contributed by atoms with Crippen molar-refractivity contribution in [2.75, 3.05) is 5.43 Å². The van der Waals surface area contributed by atoms with Crippen LogP contribution in [0.15, 0.2) is 35.1 Å². The van der Waals surface area contributed by atoms with E-state index in [1.165, 1.54) is 0 Å². The van der Waals surface area contributed by atoms with Gasteiger partial charge >= 0.3 is 0 Å². The van der Waals surface area contributed by atoms with E-state index < -0.39 is 0 Å². The second kappa shape index (κ2) is 4.54. The van der Waals surface area contributed by atoms with Gasteiger partial charge in [-0.2, -0.15) is 0 Å². The molecule has 0 saturated carbocycles. The first-order valence-corrected chi connectivity index (χ1v) is 4.76. The number of aromatic nitrogens is 3. The predicted octanol–water partition coefficient (Wildman–Crippen LogP) is 0.0413. The lowest BCUT2D eigenvalue weighted by Crippen LogP contribution is -2.21. The van der Waals surface area contributed by atoms with Gasteiger partial charge in [0, 0.05) is 6.42 Å². The number of hydrogen-bond donors (Lipinski definition) is 3. The van der Waals surface area contributed by atoms with Crippen molar-refractivity contribution in [3.8, 4) is 0 Å². The molecular weight excluding hydrogens is 206 g/mol. The first-order chi connectivity index (χ1) is 7.79. The second-order valence-corrected chi connectivity index (χ2v) is 3.26. The summed E-state index contributed by atoms with van der Waals surface area (Å²) >= 11 is 0. The Hall–Kier alpha value is -2.21. The first-order valence-electron chi connectivity index (χ1n) is 4.76. The van der Waals surface area contributed by atoms with Gasteiger partial charge in [0.1, 0.15) is 5.69 Å². The summed E-state index contributed by atoms with van der Waals surface area (Å²) < 4.78 is 0. The van der Waals surface area contributed by atoms with Gasteiger partial charge in [0.05, 0.1) is 0 Å². The molecule has 6 heteroatoms. The molecule has 0 aliphatic rings. The topological polar surface area (TPSA) is 96.7 Å². The number of benzene rings is 1. The summed E-state index contributed by atoms with van der Waals surface area (Å²) in [4.78, 5) is 14.0. The SMILES string of the molecule is NNc1nnc(Cc2ccccc2)c(=O)[nH]1. The molecule has 82 valence electrons. The minimum absolute atomic E-state index is 0.154. The fraction of sp³-hybridized carbons (Fsp3) is 0.100. The number of H-pyrrole nitrogens is 1. The Kier molecular flexibility index (Phi) is 2.93. The van der Waals surface area contributed by atoms with Crippen LogP contribution in [0.3, 0.4) is 0 Å². The minimum Gasteiger partial charge on any atom is -0.293 e. The molecular formula is C10H11N5O. The maximum absolute atomic E-state index is 11.5. The highest BCUT2D eigenvalue weighted by molar-refractivity contribution is 5.23. The number of nitrogen functional groups attached to an aromatic ring is 1. The number of nitrogens with zero attached hydrogens (tertiary/aromatic N) is 2. The van der Waals surface area contributed by atoms with E-state index >= 15 is 0 Å². The smallest absolute Gasteiger partial charge is 0.274 e. The van der Waals surface area contributed by atoms with E-state index in [1.54, 1.807) is 0 Å². The third-order valence-corrected chi connectivity index (χ3v) is 2.12. The zero-order chi connectivity index (χ0) is 11.4. The van der Waals surface area contributed by atoms with Crippen LogP contribution in [0.5, 0.6) is 0 Å². The highest BCUT2D eigenvalue weighted by Crippen LogP contribution is 2.02. The van der Waals surface area contributed by atoms with Gasteiger partial charge in [0.25, 0.3) is 5.56 Å². The fourth-order valence-electron chi connectivity index (χ4n) is 1.33. The lowest BCUT2D eigenvalue weighted by molar-refractivity contribution is 0.866. The molecule has 0 radical (unpaired) electrons. The Balaban J connectivity index is 2.26. The molecule has 4 N–H and O–H groups in total. The molecule has 0 atom stereocenters. The van der Waals surface area contributed by atoms with E-state index in [0.29, 0.717) is 12.1 Å². The molecule has 0 fully saturated rings. The molecule has 0 bridgehead atoms. The largest absolute Gasteiger partial charge is 0.293 e. The third-order valence-electron chi connectivity index (χ3n) is 2.12. The molecule has 0 saturated heterocycles. The quantitative estimate of drug-likeness (QED) is 0.498. The van der Waals surface area contributed by atoms with Crippen LogP contribution in [0.25, 0.3) is 0 Å². The van der Waals surface area contributed by atoms with Crippen molar-refractivity contribution in [3.05, 3.63) is 51.9 Å². The molecule has 0 aliphatic carbocycles. The average Bonchev–Trinajstić information content (AvgIpc) is 2.33. The first kappa shape index (κ1) is 10.3. The van der Waals surface area contributed by atoms with Crippen molar-refractivity contribution < 1.29 is 0 Å². The Morgan fingerprint density at radius 2 is 2.00 bits per heavy atom. The maximum atomic E-state index is 11.5. The van der Waals surface area contributed by atoms with Crippen LogP contribution in [-0.4, -0.2) is 15.2 Å². The maximum Gasteiger partial charge on any atom is 0.274 e. The van der Waals surface area contributed by atoms with Gasteiger partial charge in [-0.25, -0.2) is 5.84 Å². The van der Waals surface area contributed by atoms with Crippen molar-refractivity contribution in [1.82, 2.24) is 15.2 Å². The third kappa shape index (κ3) is 2.23. The van der Waals surface area contributed by atoms with Crippen LogP contribution < -0.4 is 16.8 Å². The van der Waals surface area contributed by atoms with Crippen molar-refractivity contribution in [2.45, 2.75) is 6.42 Å². The molecule has 16 heavy (non-hydrogen) atoms. The Bertz CT molecular complexity index is 522. The highest BCUT2D eigenvalue weighted by atomic mass is 16.1. The van der Waals surface area contributed by atoms with Crippen LogP contribution >= 0.6 is 0 Å². The van der Waals surface area contributed by atoms with E-state index in [4.69, 9.17) is 5.84 Å². The van der Waals surface area contributed by atoms with Gasteiger partial charge in [0.2, 0.25) is 5.95 Å². The van der Waals surface area contributed by atoms with Crippen molar-refractivity contribution in [1.29, 1.82) is 0 Å². The van der Waals surface area contributed by atoms with E-state index in [1.807, 2.05) is 30.3 Å². The molecule has 1 aromatic carbocycles. The normalized spacial score (nSPS) is 10.1. The number of nitrogens with one attached hydrogen (secondary N) is 2. The lowest BCUT2D eigenvalue weighted by Gasteiger charge is -2.01. The fourth-order valence-corrected chi connectivity index (χ4v) is 1.33. The zero-order valence-electron chi connectivity index (χ0n) is 8.47. The van der Waals surface area contributed by atoms with E-state index in [-0.39, 0.29) is 11.5 Å². The van der Waals surface area contributed by atoms with Crippen LogP contribution in [0.1, 0.15) is 11.3 Å². The van der Waals surface area contributed by atoms with Gasteiger partial charge in [-0.05, 0) is 5.56 Å². The minimum atomic E-state index is -0.285. The standard InChI is InChI=1S/C10H11N5O/c11-13-10-12-9(16)8(14-15-10)6-7-4-2-1-3-5-7/h1-5H,6,11H2,(H2,12,13,15,16). The summed E-state index contributed by atoms with van der Waals surface area (Å²) in [5, 5.41) is 7.52. The lowest BCUT2D eigenvalue weighted by atomic mass is 10.1. The van der Waals surface area contributed by atoms with Crippen molar-refractivity contribution >= 4 is 5.95 Å². The van der Waals surface area contributed by atoms with Gasteiger partial charge in [-0.15, -0.1) is 10.2 Å². The Morgan fingerprint density at radius 1 is 1.25 bits per heavy atom. The summed E-state index contributed by atoms with van der Waals surface area (Å²) in [5.74, 6) is 5.25. The van der Waals surface area contributed by atoms with Gasteiger partial charge < -0.3 is 0 Å². The van der Waals surface area contributed by atoms with Crippen LogP contribution in [-0.2, 0) is 6.42 Å². The number of rotatable bonds is 3. The van der Waals surface area contributed by atoms with E-state index in [2.05, 4.69) is 20.6 Å². The molecule has 0 amide bonds. The van der Waals surface area contributed by atoms with Gasteiger partial charge in [0.15, 0.2) is 0 Å². The molecule has 1 aromatic heterocycles. The molecule has 2 aromatic rings. The van der Waals surface area contributed by atoms with E-state index in [0.717, 1.165) is 5.56 Å². The second-order valence-electron chi connectivity index (χ2n) is 3.26. The van der Waals surface area contributed by atoms with E-state index in [9.17, 15) is 4.79 Å². The van der Waals surface area contributed by atoms with Crippen LogP contribution in [0.2, 0.25) is 0 Å². The molecule has 6 nitrogen and oxygen atoms in total. The molecule has 0 spiro atoms. The number of aromatic amines is 1.